The molecule has 0 spiro atoms. The van der Waals surface area contributed by atoms with E-state index in [0.717, 1.165) is 24.6 Å². The molecule has 2 heteroatoms. The molecule has 2 aromatic rings. The first-order valence-electron chi connectivity index (χ1n) is 7.50. The molecule has 108 valence electrons. The molecule has 0 N–H and O–H groups in total. The van der Waals surface area contributed by atoms with Crippen LogP contribution in [-0.4, -0.2) is 20.7 Å². The van der Waals surface area contributed by atoms with Crippen molar-refractivity contribution in [2.24, 2.45) is 0 Å². The summed E-state index contributed by atoms with van der Waals surface area (Å²) in [6.45, 7) is 2.14. The van der Waals surface area contributed by atoms with E-state index in [1.807, 2.05) is 0 Å². The van der Waals surface area contributed by atoms with Crippen molar-refractivity contribution in [1.29, 1.82) is 0 Å². The van der Waals surface area contributed by atoms with Gasteiger partial charge in [-0.2, -0.15) is 0 Å². The number of hydrogen-bond donors (Lipinski definition) is 0. The van der Waals surface area contributed by atoms with Crippen LogP contribution in [0.1, 0.15) is 30.4 Å². The van der Waals surface area contributed by atoms with Gasteiger partial charge in [0, 0.05) is 0 Å². The molecule has 1 fully saturated rings. The Morgan fingerprint density at radius 3 is 2.43 bits per heavy atom. The molecule has 1 aliphatic carbocycles. The van der Waals surface area contributed by atoms with Crippen LogP contribution in [0.3, 0.4) is 0 Å². The van der Waals surface area contributed by atoms with Gasteiger partial charge in [-0.25, -0.2) is 0 Å². The van der Waals surface area contributed by atoms with Crippen LogP contribution in [0.5, 0.6) is 0 Å². The van der Waals surface area contributed by atoms with Crippen molar-refractivity contribution >= 4 is 25.2 Å². The number of hydrogen-bond acceptors (Lipinski definition) is 1. The summed E-state index contributed by atoms with van der Waals surface area (Å²) in [6, 6.07) is 19.0. The zero-order chi connectivity index (χ0) is 14.7. The minimum atomic E-state index is -0.221. The van der Waals surface area contributed by atoms with E-state index in [1.165, 1.54) is 15.6 Å². The Bertz CT molecular complexity index is 635. The molecular formula is C19H20OSe. The number of aryl methyl sites for hydroxylation is 1. The van der Waals surface area contributed by atoms with Crippen molar-refractivity contribution < 1.29 is 4.79 Å². The first-order chi connectivity index (χ1) is 10.2. The van der Waals surface area contributed by atoms with Crippen molar-refractivity contribution in [3.63, 3.8) is 0 Å². The van der Waals surface area contributed by atoms with Crippen molar-refractivity contribution in [3.05, 3.63) is 65.7 Å². The van der Waals surface area contributed by atoms with Gasteiger partial charge in [0.15, 0.2) is 0 Å². The maximum absolute atomic E-state index is 12.7. The molecule has 0 aromatic heterocycles. The molecule has 0 radical (unpaired) electrons. The van der Waals surface area contributed by atoms with Gasteiger partial charge in [-0.15, -0.1) is 0 Å². The van der Waals surface area contributed by atoms with Gasteiger partial charge < -0.3 is 0 Å². The average Bonchev–Trinajstić information content (AvgIpc) is 2.89. The Balaban J connectivity index is 1.92. The van der Waals surface area contributed by atoms with Crippen LogP contribution < -0.4 is 4.46 Å². The van der Waals surface area contributed by atoms with Crippen LogP contribution in [0.2, 0.25) is 5.32 Å². The first-order valence-corrected chi connectivity index (χ1v) is 9.56. The van der Waals surface area contributed by atoms with Crippen molar-refractivity contribution in [1.82, 2.24) is 0 Å². The summed E-state index contributed by atoms with van der Waals surface area (Å²) < 4.78 is 1.39. The van der Waals surface area contributed by atoms with E-state index in [0.29, 0.717) is 20.7 Å². The third kappa shape index (κ3) is 2.83. The van der Waals surface area contributed by atoms with Gasteiger partial charge in [0.2, 0.25) is 0 Å². The summed E-state index contributed by atoms with van der Waals surface area (Å²) in [5, 5.41) is 0.994. The van der Waals surface area contributed by atoms with Crippen LogP contribution in [0, 0.1) is 6.92 Å². The van der Waals surface area contributed by atoms with Crippen molar-refractivity contribution in [3.8, 4) is 0 Å². The van der Waals surface area contributed by atoms with Crippen LogP contribution in [0.25, 0.3) is 0 Å². The molecule has 0 bridgehead atoms. The molecule has 1 aliphatic rings. The van der Waals surface area contributed by atoms with Crippen molar-refractivity contribution in [2.75, 3.05) is 0 Å². The fourth-order valence-corrected chi connectivity index (χ4v) is 5.84. The zero-order valence-electron chi connectivity index (χ0n) is 12.3. The van der Waals surface area contributed by atoms with E-state index in [1.54, 1.807) is 0 Å². The predicted molar refractivity (Wildman–Crippen MR) is 88.4 cm³/mol. The van der Waals surface area contributed by atoms with E-state index in [9.17, 15) is 4.79 Å². The standard InChI is InChI=1S/C19H20OSe/c1-15-8-5-6-11-17(15)19(13-7-12-18(19)20)14-21-16-9-3-2-4-10-16/h2-6,8-11H,7,12-14H2,1H3. The Kier molecular flexibility index (Phi) is 4.28. The van der Waals surface area contributed by atoms with Crippen LogP contribution in [0.15, 0.2) is 54.6 Å². The van der Waals surface area contributed by atoms with Gasteiger partial charge in [-0.05, 0) is 0 Å². The number of Topliss-reactive ketones (excluding diaryl/α,β-unsaturated/α-hetero) is 1. The van der Waals surface area contributed by atoms with E-state index in [2.05, 4.69) is 61.5 Å². The van der Waals surface area contributed by atoms with E-state index < -0.39 is 0 Å². The quantitative estimate of drug-likeness (QED) is 0.778. The predicted octanol–water partition coefficient (Wildman–Crippen LogP) is 3.43. The second-order valence-electron chi connectivity index (χ2n) is 5.78. The Morgan fingerprint density at radius 1 is 1.05 bits per heavy atom. The molecule has 21 heavy (non-hydrogen) atoms. The summed E-state index contributed by atoms with van der Waals surface area (Å²) in [4.78, 5) is 12.7. The third-order valence-electron chi connectivity index (χ3n) is 4.43. The molecule has 1 saturated carbocycles. The number of rotatable bonds is 4. The Labute approximate surface area is 132 Å². The summed E-state index contributed by atoms with van der Waals surface area (Å²) in [5.74, 6) is 0.453. The number of ketones is 1. The summed E-state index contributed by atoms with van der Waals surface area (Å²) >= 11 is 0.351. The fraction of sp³-hybridized carbons (Fsp3) is 0.316. The average molecular weight is 343 g/mol. The third-order valence-corrected chi connectivity index (χ3v) is 7.04. The van der Waals surface area contributed by atoms with Crippen LogP contribution in [0.4, 0.5) is 0 Å². The molecule has 1 nitrogen and oxygen atoms in total. The summed E-state index contributed by atoms with van der Waals surface area (Å²) in [6.07, 6.45) is 2.81. The number of carbonyl (C=O) groups excluding carboxylic acids is 1. The van der Waals surface area contributed by atoms with E-state index in [4.69, 9.17) is 0 Å². The maximum atomic E-state index is 12.7. The van der Waals surface area contributed by atoms with Gasteiger partial charge >= 0.3 is 133 Å². The molecule has 2 aromatic carbocycles. The second kappa shape index (κ2) is 6.17. The van der Waals surface area contributed by atoms with E-state index >= 15 is 0 Å². The van der Waals surface area contributed by atoms with Gasteiger partial charge in [0.05, 0.1) is 0 Å². The monoisotopic (exact) mass is 344 g/mol. The summed E-state index contributed by atoms with van der Waals surface area (Å²) in [7, 11) is 0. The van der Waals surface area contributed by atoms with Crippen molar-refractivity contribution in [2.45, 2.75) is 36.9 Å². The molecule has 1 unspecified atom stereocenters. The van der Waals surface area contributed by atoms with Gasteiger partial charge in [0.25, 0.3) is 0 Å². The normalized spacial score (nSPS) is 21.7. The van der Waals surface area contributed by atoms with Gasteiger partial charge in [-0.3, -0.25) is 0 Å². The van der Waals surface area contributed by atoms with Crippen LogP contribution >= 0.6 is 0 Å². The van der Waals surface area contributed by atoms with Gasteiger partial charge in [0.1, 0.15) is 0 Å². The van der Waals surface area contributed by atoms with Gasteiger partial charge in [-0.1, -0.05) is 0 Å². The Hall–Kier alpha value is -1.37. The number of benzene rings is 2. The second-order valence-corrected chi connectivity index (χ2v) is 7.98. The minimum absolute atomic E-state index is 0.221. The Morgan fingerprint density at radius 2 is 1.76 bits per heavy atom. The molecule has 0 saturated heterocycles. The molecule has 0 aliphatic heterocycles. The topological polar surface area (TPSA) is 17.1 Å². The molecular weight excluding hydrogens is 323 g/mol. The zero-order valence-corrected chi connectivity index (χ0v) is 14.1. The fourth-order valence-electron chi connectivity index (χ4n) is 3.28. The summed E-state index contributed by atoms with van der Waals surface area (Å²) in [5.41, 5.74) is 2.31. The number of carbonyl (C=O) groups is 1. The van der Waals surface area contributed by atoms with E-state index in [-0.39, 0.29) is 5.41 Å². The first kappa shape index (κ1) is 14.6. The van der Waals surface area contributed by atoms with Crippen LogP contribution in [-0.2, 0) is 10.2 Å². The molecule has 3 rings (SSSR count). The SMILES string of the molecule is Cc1ccccc1C1(C[Se]c2ccccc2)CCCC1=O. The molecule has 1 atom stereocenters. The molecule has 0 amide bonds. The molecule has 0 heterocycles.